The zero-order chi connectivity index (χ0) is 36.9. The van der Waals surface area contributed by atoms with Crippen LogP contribution in [0.4, 0.5) is 5.69 Å². The Kier molecular flexibility index (Phi) is 14.7. The van der Waals surface area contributed by atoms with E-state index in [1.165, 1.54) is 71.5 Å². The Bertz CT molecular complexity index is 1890. The highest BCUT2D eigenvalue weighted by Gasteiger charge is 2.26. The monoisotopic (exact) mass is 708 g/mol. The molecule has 3 aromatic heterocycles. The lowest BCUT2D eigenvalue weighted by atomic mass is 9.97. The fourth-order valence-corrected chi connectivity index (χ4v) is 7.38. The minimum Gasteiger partial charge on any atom is -0.478 e. The second kappa shape index (κ2) is 19.6. The van der Waals surface area contributed by atoms with Crippen LogP contribution < -0.4 is 5.73 Å². The molecule has 0 spiro atoms. The predicted octanol–water partition coefficient (Wildman–Crippen LogP) is 9.96. The zero-order valence-corrected chi connectivity index (χ0v) is 32.0. The van der Waals surface area contributed by atoms with Crippen LogP contribution in [0.5, 0.6) is 0 Å². The zero-order valence-electron chi connectivity index (χ0n) is 32.0. The summed E-state index contributed by atoms with van der Waals surface area (Å²) < 4.78 is 15.2. The van der Waals surface area contributed by atoms with Crippen LogP contribution in [-0.4, -0.2) is 52.6 Å². The molecule has 8 heteroatoms. The molecule has 5 aromatic rings. The van der Waals surface area contributed by atoms with Crippen LogP contribution in [0.3, 0.4) is 0 Å². The first-order valence-corrected chi connectivity index (χ1v) is 19.5. The van der Waals surface area contributed by atoms with Crippen molar-refractivity contribution in [3.63, 3.8) is 0 Å². The lowest BCUT2D eigenvalue weighted by Gasteiger charge is -2.13. The number of carboxylic acids is 1. The molecular weight excluding hydrogens is 649 g/mol. The normalized spacial score (nSPS) is 12.8. The van der Waals surface area contributed by atoms with Gasteiger partial charge in [0, 0.05) is 82.0 Å². The fourth-order valence-electron chi connectivity index (χ4n) is 7.38. The number of nitrogen functional groups attached to an aromatic ring is 1. The van der Waals surface area contributed by atoms with E-state index in [4.69, 9.17) is 15.2 Å². The molecule has 3 N–H and O–H groups in total. The van der Waals surface area contributed by atoms with E-state index in [0.29, 0.717) is 23.6 Å². The molecule has 0 unspecified atom stereocenters. The molecule has 2 aromatic carbocycles. The van der Waals surface area contributed by atoms with E-state index in [9.17, 15) is 9.90 Å². The van der Waals surface area contributed by atoms with Crippen LogP contribution in [0.1, 0.15) is 122 Å². The summed E-state index contributed by atoms with van der Waals surface area (Å²) in [6.07, 6.45) is 20.4. The third-order valence-electron chi connectivity index (χ3n) is 10.2. The maximum absolute atomic E-state index is 11.9. The Morgan fingerprint density at radius 1 is 0.808 bits per heavy atom. The number of anilines is 1. The highest BCUT2D eigenvalue weighted by Crippen LogP contribution is 2.40. The van der Waals surface area contributed by atoms with Gasteiger partial charge in [0.25, 0.3) is 0 Å². The van der Waals surface area contributed by atoms with Gasteiger partial charge in [0.05, 0.1) is 22.3 Å². The van der Waals surface area contributed by atoms with Gasteiger partial charge in [0.15, 0.2) is 0 Å². The van der Waals surface area contributed by atoms with E-state index in [1.807, 2.05) is 12.3 Å². The molecule has 1 aliphatic rings. The first-order valence-electron chi connectivity index (χ1n) is 19.5. The number of benzene rings is 2. The van der Waals surface area contributed by atoms with E-state index in [1.54, 1.807) is 14.2 Å². The molecule has 0 radical (unpaired) electrons. The van der Waals surface area contributed by atoms with Gasteiger partial charge in [-0.15, -0.1) is 0 Å². The lowest BCUT2D eigenvalue weighted by molar-refractivity contribution is 0.0695. The Morgan fingerprint density at radius 3 is 1.92 bits per heavy atom. The summed E-state index contributed by atoms with van der Waals surface area (Å²) in [7, 11) is 3.49. The number of unbranched alkanes of at least 4 members (excludes halogenated alkanes) is 4. The van der Waals surface area contributed by atoms with Gasteiger partial charge in [0.2, 0.25) is 0 Å². The highest BCUT2D eigenvalue weighted by molar-refractivity contribution is 5.90. The quantitative estimate of drug-likeness (QED) is 0.0616. The van der Waals surface area contributed by atoms with Crippen molar-refractivity contribution in [1.29, 1.82) is 0 Å². The number of pyridine rings is 1. The molecular formula is C44H60N4O4. The number of nitrogens with two attached hydrogens (primary N) is 1. The minimum atomic E-state index is -0.890. The topological polar surface area (TPSA) is 105 Å². The van der Waals surface area contributed by atoms with Crippen molar-refractivity contribution >= 4 is 33.5 Å². The van der Waals surface area contributed by atoms with Gasteiger partial charge in [0.1, 0.15) is 0 Å². The number of ether oxygens (including phenoxy) is 2. The van der Waals surface area contributed by atoms with Crippen molar-refractivity contribution in [2.45, 2.75) is 116 Å². The van der Waals surface area contributed by atoms with Crippen molar-refractivity contribution in [3.05, 3.63) is 94.6 Å². The van der Waals surface area contributed by atoms with Crippen molar-refractivity contribution in [2.75, 3.05) is 33.2 Å². The van der Waals surface area contributed by atoms with Crippen molar-refractivity contribution in [3.8, 4) is 0 Å². The van der Waals surface area contributed by atoms with Gasteiger partial charge in [-0.3, -0.25) is 4.98 Å². The number of fused-ring (bicyclic) bond motifs is 2. The number of hydrogen-bond donors (Lipinski definition) is 2. The van der Waals surface area contributed by atoms with Gasteiger partial charge in [-0.25, -0.2) is 4.79 Å². The summed E-state index contributed by atoms with van der Waals surface area (Å²) >= 11 is 0. The SMILES string of the molecule is CCCCCn1ccc2cc(Cc3ncc(C4CC4)cc3C(=O)O)cc(CCCOC)c21.CCCCCn1ccc2cc(N)cc(CCCOC)c21. The van der Waals surface area contributed by atoms with Gasteiger partial charge in [-0.05, 0) is 116 Å². The standard InChI is InChI=1S/C27H34N2O3.C17H26N2O/c1-3-4-5-11-29-12-10-22-15-19(14-21(26(22)29)7-6-13-32-2)16-25-24(27(30)31)17-23(18-28-25)20-8-9-20;1-3-4-5-9-19-10-8-15-13-16(18)12-14(17(15)19)7-6-11-20-2/h10,12,14-15,17-18,20H,3-9,11,13,16H2,1-2H3,(H,30,31);8,10,12-13H,3-7,9,11,18H2,1-2H3. The largest absolute Gasteiger partial charge is 0.478 e. The van der Waals surface area contributed by atoms with Crippen LogP contribution in [0, 0.1) is 0 Å². The molecule has 0 atom stereocenters. The van der Waals surface area contributed by atoms with Gasteiger partial charge in [-0.1, -0.05) is 45.6 Å². The number of carbonyl (C=O) groups is 1. The number of nitrogens with zero attached hydrogens (tertiary/aromatic N) is 3. The van der Waals surface area contributed by atoms with Crippen LogP contribution in [0.25, 0.3) is 21.8 Å². The first kappa shape index (κ1) is 39.1. The van der Waals surface area contributed by atoms with Crippen molar-refractivity contribution in [1.82, 2.24) is 14.1 Å². The van der Waals surface area contributed by atoms with Crippen LogP contribution in [-0.2, 0) is 41.8 Å². The maximum atomic E-state index is 11.9. The Hall–Kier alpha value is -4.14. The van der Waals surface area contributed by atoms with Crippen molar-refractivity contribution in [2.24, 2.45) is 0 Å². The van der Waals surface area contributed by atoms with Crippen LogP contribution in [0.2, 0.25) is 0 Å². The number of aromatic carboxylic acids is 1. The number of hydrogen-bond acceptors (Lipinski definition) is 5. The second-order valence-corrected chi connectivity index (χ2v) is 14.5. The van der Waals surface area contributed by atoms with E-state index in [-0.39, 0.29) is 0 Å². The summed E-state index contributed by atoms with van der Waals surface area (Å²) in [4.78, 5) is 16.5. The number of carboxylic acid groups (broad SMARTS) is 1. The third-order valence-corrected chi connectivity index (χ3v) is 10.2. The predicted molar refractivity (Wildman–Crippen MR) is 214 cm³/mol. The molecule has 1 fully saturated rings. The average molecular weight is 709 g/mol. The van der Waals surface area contributed by atoms with E-state index in [2.05, 4.69) is 76.8 Å². The lowest BCUT2D eigenvalue weighted by Crippen LogP contribution is -2.07. The molecule has 0 saturated heterocycles. The summed E-state index contributed by atoms with van der Waals surface area (Å²) in [5, 5.41) is 12.3. The maximum Gasteiger partial charge on any atom is 0.337 e. The van der Waals surface area contributed by atoms with Gasteiger partial charge < -0.3 is 29.4 Å². The molecule has 6 rings (SSSR count). The molecule has 8 nitrogen and oxygen atoms in total. The fraction of sp³-hybridized carbons (Fsp3) is 0.500. The molecule has 1 saturated carbocycles. The summed E-state index contributed by atoms with van der Waals surface area (Å²) in [6.45, 7) is 8.12. The number of methoxy groups -OCH3 is 2. The average Bonchev–Trinajstić information content (AvgIpc) is 3.79. The third kappa shape index (κ3) is 10.5. The molecule has 3 heterocycles. The van der Waals surface area contributed by atoms with Crippen molar-refractivity contribution < 1.29 is 19.4 Å². The summed E-state index contributed by atoms with van der Waals surface area (Å²) in [6, 6.07) is 14.8. The van der Waals surface area contributed by atoms with E-state index in [0.717, 1.165) is 81.6 Å². The molecule has 1 aliphatic carbocycles. The summed E-state index contributed by atoms with van der Waals surface area (Å²) in [5.74, 6) is -0.399. The molecule has 0 aliphatic heterocycles. The van der Waals surface area contributed by atoms with E-state index < -0.39 is 5.97 Å². The van der Waals surface area contributed by atoms with Crippen LogP contribution in [0.15, 0.2) is 61.1 Å². The summed E-state index contributed by atoms with van der Waals surface area (Å²) in [5.41, 5.74) is 15.3. The highest BCUT2D eigenvalue weighted by atomic mass is 16.5. The molecule has 52 heavy (non-hydrogen) atoms. The molecule has 0 amide bonds. The Balaban J connectivity index is 0.000000225. The number of aryl methyl sites for hydroxylation is 4. The van der Waals surface area contributed by atoms with Crippen LogP contribution >= 0.6 is 0 Å². The smallest absolute Gasteiger partial charge is 0.337 e. The minimum absolute atomic E-state index is 0.340. The molecule has 280 valence electrons. The Morgan fingerprint density at radius 2 is 1.38 bits per heavy atom. The van der Waals surface area contributed by atoms with E-state index >= 15 is 0 Å². The second-order valence-electron chi connectivity index (χ2n) is 14.5. The van der Waals surface area contributed by atoms with Gasteiger partial charge in [-0.2, -0.15) is 0 Å². The Labute approximate surface area is 310 Å². The number of rotatable bonds is 20. The molecule has 0 bridgehead atoms. The number of aromatic nitrogens is 3. The first-order chi connectivity index (χ1) is 25.4. The van der Waals surface area contributed by atoms with Gasteiger partial charge >= 0.3 is 5.97 Å².